The quantitative estimate of drug-likeness (QED) is 0.483. The molecule has 4 N–H and O–H groups in total. The minimum atomic E-state index is -0.576. The second-order valence-corrected chi connectivity index (χ2v) is 4.14. The summed E-state index contributed by atoms with van der Waals surface area (Å²) in [5.41, 5.74) is -0.576. The van der Waals surface area contributed by atoms with Crippen LogP contribution in [0.1, 0.15) is 26.2 Å². The molecule has 0 aliphatic carbocycles. The van der Waals surface area contributed by atoms with Gasteiger partial charge in [-0.05, 0) is 32.4 Å². The third-order valence-corrected chi connectivity index (χ3v) is 2.97. The van der Waals surface area contributed by atoms with Gasteiger partial charge >= 0.3 is 0 Å². The molecule has 1 atom stereocenters. The van der Waals surface area contributed by atoms with E-state index in [4.69, 9.17) is 5.11 Å². The molecule has 0 aromatic heterocycles. The summed E-state index contributed by atoms with van der Waals surface area (Å²) in [5.74, 6) is 0. The van der Waals surface area contributed by atoms with E-state index < -0.39 is 5.60 Å². The predicted octanol–water partition coefficient (Wildman–Crippen LogP) is -0.539. The Kier molecular flexibility index (Phi) is 4.81. The molecule has 1 aliphatic heterocycles. The van der Waals surface area contributed by atoms with Crippen LogP contribution < -0.4 is 10.6 Å². The zero-order chi connectivity index (χ0) is 10.4. The van der Waals surface area contributed by atoms with Gasteiger partial charge in [-0.3, -0.25) is 0 Å². The maximum Gasteiger partial charge on any atom is 0.0795 e. The van der Waals surface area contributed by atoms with Crippen molar-refractivity contribution in [3.8, 4) is 0 Å². The molecule has 1 rings (SSSR count). The molecule has 0 amide bonds. The summed E-state index contributed by atoms with van der Waals surface area (Å²) in [6, 6.07) is 0.119. The van der Waals surface area contributed by atoms with E-state index in [1.54, 1.807) is 0 Å². The molecule has 0 aromatic carbocycles. The van der Waals surface area contributed by atoms with Crippen LogP contribution in [0.5, 0.6) is 0 Å². The zero-order valence-corrected chi connectivity index (χ0v) is 8.92. The van der Waals surface area contributed by atoms with Crippen molar-refractivity contribution >= 4 is 0 Å². The summed E-state index contributed by atoms with van der Waals surface area (Å²) in [4.78, 5) is 0. The highest BCUT2D eigenvalue weighted by atomic mass is 16.3. The maximum absolute atomic E-state index is 10.1. The van der Waals surface area contributed by atoms with Crippen molar-refractivity contribution < 1.29 is 10.2 Å². The summed E-state index contributed by atoms with van der Waals surface area (Å²) in [6.07, 6.45) is 2.48. The van der Waals surface area contributed by atoms with Gasteiger partial charge in [0, 0.05) is 12.6 Å². The van der Waals surface area contributed by atoms with Crippen molar-refractivity contribution in [3.63, 3.8) is 0 Å². The summed E-state index contributed by atoms with van der Waals surface area (Å²) < 4.78 is 0. The number of rotatable bonds is 5. The standard InChI is InChI=1S/C10H22N2O2/c1-2-9(7-13)12-8-10(14)3-5-11-6-4-10/h9,11-14H,2-8H2,1H3. The third-order valence-electron chi connectivity index (χ3n) is 2.97. The van der Waals surface area contributed by atoms with Gasteiger partial charge < -0.3 is 20.8 Å². The van der Waals surface area contributed by atoms with Gasteiger partial charge in [0.25, 0.3) is 0 Å². The van der Waals surface area contributed by atoms with E-state index in [2.05, 4.69) is 10.6 Å². The van der Waals surface area contributed by atoms with Crippen molar-refractivity contribution in [1.29, 1.82) is 0 Å². The third kappa shape index (κ3) is 3.53. The SMILES string of the molecule is CCC(CO)NCC1(O)CCNCC1. The molecule has 0 spiro atoms. The maximum atomic E-state index is 10.1. The molecule has 1 saturated heterocycles. The topological polar surface area (TPSA) is 64.5 Å². The Morgan fingerprint density at radius 3 is 2.57 bits per heavy atom. The molecular weight excluding hydrogens is 180 g/mol. The Balaban J connectivity index is 2.27. The molecule has 0 bridgehead atoms. The van der Waals surface area contributed by atoms with E-state index in [-0.39, 0.29) is 12.6 Å². The van der Waals surface area contributed by atoms with Crippen LogP contribution in [0.15, 0.2) is 0 Å². The van der Waals surface area contributed by atoms with Crippen molar-refractivity contribution in [2.45, 2.75) is 37.8 Å². The fourth-order valence-corrected chi connectivity index (χ4v) is 1.74. The van der Waals surface area contributed by atoms with Crippen LogP contribution in [0.2, 0.25) is 0 Å². The van der Waals surface area contributed by atoms with Gasteiger partial charge in [0.15, 0.2) is 0 Å². The van der Waals surface area contributed by atoms with Crippen molar-refractivity contribution in [3.05, 3.63) is 0 Å². The fraction of sp³-hybridized carbons (Fsp3) is 1.00. The molecule has 4 nitrogen and oxygen atoms in total. The van der Waals surface area contributed by atoms with Crippen molar-refractivity contribution in [1.82, 2.24) is 10.6 Å². The average Bonchev–Trinajstić information content (AvgIpc) is 2.20. The molecule has 14 heavy (non-hydrogen) atoms. The van der Waals surface area contributed by atoms with Gasteiger partial charge in [-0.2, -0.15) is 0 Å². The first-order chi connectivity index (χ1) is 6.70. The number of hydrogen-bond acceptors (Lipinski definition) is 4. The van der Waals surface area contributed by atoms with Crippen molar-refractivity contribution in [2.24, 2.45) is 0 Å². The van der Waals surface area contributed by atoms with Crippen LogP contribution in [0.3, 0.4) is 0 Å². The van der Waals surface area contributed by atoms with E-state index in [1.165, 1.54) is 0 Å². The molecular formula is C10H22N2O2. The monoisotopic (exact) mass is 202 g/mol. The number of nitrogens with one attached hydrogen (secondary N) is 2. The lowest BCUT2D eigenvalue weighted by Crippen LogP contribution is -2.51. The van der Waals surface area contributed by atoms with Gasteiger partial charge in [-0.25, -0.2) is 0 Å². The fourth-order valence-electron chi connectivity index (χ4n) is 1.74. The van der Waals surface area contributed by atoms with E-state index in [0.717, 1.165) is 32.4 Å². The van der Waals surface area contributed by atoms with E-state index >= 15 is 0 Å². The lowest BCUT2D eigenvalue weighted by molar-refractivity contribution is 0.00707. The van der Waals surface area contributed by atoms with Crippen LogP contribution in [-0.2, 0) is 0 Å². The molecule has 1 heterocycles. The van der Waals surface area contributed by atoms with E-state index in [1.807, 2.05) is 6.92 Å². The lowest BCUT2D eigenvalue weighted by Gasteiger charge is -2.34. The van der Waals surface area contributed by atoms with Gasteiger partial charge in [-0.1, -0.05) is 6.92 Å². The molecule has 0 saturated carbocycles. The highest BCUT2D eigenvalue weighted by Gasteiger charge is 2.29. The molecule has 1 fully saturated rings. The Hall–Kier alpha value is -0.160. The normalized spacial score (nSPS) is 23.4. The van der Waals surface area contributed by atoms with Crippen molar-refractivity contribution in [2.75, 3.05) is 26.2 Å². The van der Waals surface area contributed by atoms with Crippen LogP contribution in [0.4, 0.5) is 0 Å². The highest BCUT2D eigenvalue weighted by Crippen LogP contribution is 2.16. The largest absolute Gasteiger partial charge is 0.395 e. The first-order valence-electron chi connectivity index (χ1n) is 5.47. The smallest absolute Gasteiger partial charge is 0.0795 e. The van der Waals surface area contributed by atoms with E-state index in [0.29, 0.717) is 6.54 Å². The Morgan fingerprint density at radius 1 is 1.43 bits per heavy atom. The van der Waals surface area contributed by atoms with Gasteiger partial charge in [0.2, 0.25) is 0 Å². The van der Waals surface area contributed by atoms with Gasteiger partial charge in [0.05, 0.1) is 12.2 Å². The lowest BCUT2D eigenvalue weighted by atomic mass is 9.92. The number of aliphatic hydroxyl groups excluding tert-OH is 1. The number of hydrogen-bond donors (Lipinski definition) is 4. The second-order valence-electron chi connectivity index (χ2n) is 4.14. The second kappa shape index (κ2) is 5.66. The number of piperidine rings is 1. The summed E-state index contributed by atoms with van der Waals surface area (Å²) in [7, 11) is 0. The Bertz CT molecular complexity index is 154. The van der Waals surface area contributed by atoms with Crippen LogP contribution >= 0.6 is 0 Å². The summed E-state index contributed by atoms with van der Waals surface area (Å²) in [5, 5.41) is 25.5. The minimum absolute atomic E-state index is 0.119. The molecule has 1 unspecified atom stereocenters. The highest BCUT2D eigenvalue weighted by molar-refractivity contribution is 4.87. The molecule has 4 heteroatoms. The predicted molar refractivity (Wildman–Crippen MR) is 56.2 cm³/mol. The van der Waals surface area contributed by atoms with Crippen LogP contribution in [-0.4, -0.2) is 48.1 Å². The number of aliphatic hydroxyl groups is 2. The average molecular weight is 202 g/mol. The Morgan fingerprint density at radius 2 is 2.07 bits per heavy atom. The molecule has 84 valence electrons. The zero-order valence-electron chi connectivity index (χ0n) is 8.92. The molecule has 0 aromatic rings. The molecule has 1 aliphatic rings. The van der Waals surface area contributed by atoms with Gasteiger partial charge in [0.1, 0.15) is 0 Å². The summed E-state index contributed by atoms with van der Waals surface area (Å²) in [6.45, 7) is 4.53. The van der Waals surface area contributed by atoms with E-state index in [9.17, 15) is 5.11 Å². The van der Waals surface area contributed by atoms with Gasteiger partial charge in [-0.15, -0.1) is 0 Å². The minimum Gasteiger partial charge on any atom is -0.395 e. The first kappa shape index (κ1) is 11.9. The summed E-state index contributed by atoms with van der Waals surface area (Å²) >= 11 is 0. The van der Waals surface area contributed by atoms with Crippen LogP contribution in [0.25, 0.3) is 0 Å². The Labute approximate surface area is 85.7 Å². The first-order valence-corrected chi connectivity index (χ1v) is 5.47. The van der Waals surface area contributed by atoms with Crippen LogP contribution in [0, 0.1) is 0 Å². The molecule has 0 radical (unpaired) electrons.